The molecule has 3 aromatic rings. The normalized spacial score (nSPS) is 21.0. The maximum absolute atomic E-state index is 6.08. The fourth-order valence-electron chi connectivity index (χ4n) is 3.47. The van der Waals surface area contributed by atoms with E-state index in [9.17, 15) is 0 Å². The van der Waals surface area contributed by atoms with E-state index in [4.69, 9.17) is 16.3 Å². The second kappa shape index (κ2) is 6.28. The first-order valence-electron chi connectivity index (χ1n) is 8.38. The molecule has 1 aromatic carbocycles. The van der Waals surface area contributed by atoms with Crippen LogP contribution in [0.4, 0.5) is 5.82 Å². The Morgan fingerprint density at radius 2 is 1.92 bits per heavy atom. The Morgan fingerprint density at radius 1 is 1.16 bits per heavy atom. The van der Waals surface area contributed by atoms with E-state index in [0.29, 0.717) is 5.02 Å². The van der Waals surface area contributed by atoms with Crippen LogP contribution in [0.3, 0.4) is 0 Å². The van der Waals surface area contributed by atoms with Crippen LogP contribution in [-0.4, -0.2) is 45.0 Å². The Bertz CT molecular complexity index is 915. The predicted octanol–water partition coefficient (Wildman–Crippen LogP) is 3.39. The molecule has 0 saturated carbocycles. The van der Waals surface area contributed by atoms with Gasteiger partial charge in [0, 0.05) is 18.1 Å². The summed E-state index contributed by atoms with van der Waals surface area (Å²) in [5.74, 6) is 0.907. The first kappa shape index (κ1) is 16.3. The van der Waals surface area contributed by atoms with Gasteiger partial charge in [-0.3, -0.25) is 0 Å². The summed E-state index contributed by atoms with van der Waals surface area (Å²) in [6, 6.07) is 5.76. The summed E-state index contributed by atoms with van der Waals surface area (Å²) in [6.45, 7) is 7.80. The first-order valence-corrected chi connectivity index (χ1v) is 8.76. The van der Waals surface area contributed by atoms with Gasteiger partial charge >= 0.3 is 0 Å². The molecule has 2 atom stereocenters. The minimum atomic E-state index is 0.169. The van der Waals surface area contributed by atoms with Gasteiger partial charge in [0.2, 0.25) is 0 Å². The summed E-state index contributed by atoms with van der Waals surface area (Å²) >= 11 is 6.08. The first-order chi connectivity index (χ1) is 12.0. The van der Waals surface area contributed by atoms with E-state index in [1.165, 1.54) is 0 Å². The minimum absolute atomic E-state index is 0.169. The zero-order chi connectivity index (χ0) is 17.6. The van der Waals surface area contributed by atoms with Crippen molar-refractivity contribution >= 4 is 28.5 Å². The lowest BCUT2D eigenvalue weighted by Gasteiger charge is -2.36. The van der Waals surface area contributed by atoms with Crippen molar-refractivity contribution in [1.29, 1.82) is 0 Å². The van der Waals surface area contributed by atoms with Crippen molar-refractivity contribution in [2.75, 3.05) is 18.0 Å². The second-order valence-electron chi connectivity index (χ2n) is 6.58. The van der Waals surface area contributed by atoms with Crippen LogP contribution in [0.25, 0.3) is 16.7 Å². The lowest BCUT2D eigenvalue weighted by molar-refractivity contribution is -0.00537. The molecule has 0 radical (unpaired) electrons. The summed E-state index contributed by atoms with van der Waals surface area (Å²) in [5, 5.41) is 6.22. The Labute approximate surface area is 151 Å². The van der Waals surface area contributed by atoms with Crippen molar-refractivity contribution in [1.82, 2.24) is 19.7 Å². The van der Waals surface area contributed by atoms with Gasteiger partial charge in [-0.25, -0.2) is 14.6 Å². The fraction of sp³-hybridized carbons (Fsp3) is 0.389. The number of aryl methyl sites for hydroxylation is 1. The van der Waals surface area contributed by atoms with Crippen LogP contribution in [-0.2, 0) is 4.74 Å². The molecule has 0 amide bonds. The average molecular weight is 358 g/mol. The van der Waals surface area contributed by atoms with Gasteiger partial charge in [0.15, 0.2) is 5.65 Å². The number of aromatic nitrogens is 4. The Balaban J connectivity index is 1.81. The highest BCUT2D eigenvalue weighted by Gasteiger charge is 2.25. The van der Waals surface area contributed by atoms with Crippen LogP contribution >= 0.6 is 11.6 Å². The third kappa shape index (κ3) is 2.96. The van der Waals surface area contributed by atoms with Crippen LogP contribution < -0.4 is 4.90 Å². The van der Waals surface area contributed by atoms with Gasteiger partial charge in [-0.2, -0.15) is 5.10 Å². The molecule has 2 aromatic heterocycles. The van der Waals surface area contributed by atoms with Crippen LogP contribution in [0.1, 0.15) is 19.4 Å². The number of benzene rings is 1. The van der Waals surface area contributed by atoms with E-state index in [1.54, 1.807) is 6.33 Å². The number of morpholine rings is 1. The Kier molecular flexibility index (Phi) is 4.09. The summed E-state index contributed by atoms with van der Waals surface area (Å²) < 4.78 is 7.68. The minimum Gasteiger partial charge on any atom is -0.372 e. The van der Waals surface area contributed by atoms with Gasteiger partial charge in [-0.05, 0) is 44.5 Å². The van der Waals surface area contributed by atoms with Crippen LogP contribution in [0.5, 0.6) is 0 Å². The van der Waals surface area contributed by atoms with Gasteiger partial charge in [0.05, 0.1) is 29.5 Å². The summed E-state index contributed by atoms with van der Waals surface area (Å²) in [6.07, 6.45) is 3.78. The summed E-state index contributed by atoms with van der Waals surface area (Å²) in [5.41, 5.74) is 2.81. The molecule has 3 heterocycles. The average Bonchev–Trinajstić information content (AvgIpc) is 2.98. The smallest absolute Gasteiger partial charge is 0.168 e. The van der Waals surface area contributed by atoms with Crippen molar-refractivity contribution in [3.8, 4) is 5.69 Å². The topological polar surface area (TPSA) is 56.1 Å². The Hall–Kier alpha value is -2.18. The summed E-state index contributed by atoms with van der Waals surface area (Å²) in [7, 11) is 0. The largest absolute Gasteiger partial charge is 0.372 e. The molecule has 1 saturated heterocycles. The third-order valence-electron chi connectivity index (χ3n) is 4.45. The number of ether oxygens (including phenoxy) is 1. The number of fused-ring (bicyclic) bond motifs is 1. The van der Waals surface area contributed by atoms with E-state index in [1.807, 2.05) is 36.0 Å². The van der Waals surface area contributed by atoms with E-state index < -0.39 is 0 Å². The highest BCUT2D eigenvalue weighted by atomic mass is 35.5. The molecule has 1 aliphatic heterocycles. The van der Waals surface area contributed by atoms with Gasteiger partial charge < -0.3 is 9.64 Å². The molecule has 130 valence electrons. The van der Waals surface area contributed by atoms with E-state index in [2.05, 4.69) is 33.8 Å². The molecular formula is C18H20ClN5O. The summed E-state index contributed by atoms with van der Waals surface area (Å²) in [4.78, 5) is 11.3. The molecule has 0 N–H and O–H groups in total. The van der Waals surface area contributed by atoms with Gasteiger partial charge in [-0.15, -0.1) is 0 Å². The predicted molar refractivity (Wildman–Crippen MR) is 98.6 cm³/mol. The van der Waals surface area contributed by atoms with E-state index >= 15 is 0 Å². The molecule has 0 bridgehead atoms. The number of hydrogen-bond acceptors (Lipinski definition) is 5. The standard InChI is InChI=1S/C18H20ClN5O/c1-11-6-14(19)4-5-16(11)24-18-15(7-22-24)17(20-10-21-18)23-8-12(2)25-13(3)9-23/h4-7,10,12-13H,8-9H2,1-3H3/t12-,13+. The second-order valence-corrected chi connectivity index (χ2v) is 7.02. The molecule has 1 fully saturated rings. The fourth-order valence-corrected chi connectivity index (χ4v) is 3.69. The highest BCUT2D eigenvalue weighted by molar-refractivity contribution is 6.30. The SMILES string of the molecule is Cc1cc(Cl)ccc1-n1ncc2c(N3C[C@@H](C)O[C@@H](C)C3)ncnc21. The van der Waals surface area contributed by atoms with Gasteiger partial charge in [0.1, 0.15) is 12.1 Å². The third-order valence-corrected chi connectivity index (χ3v) is 4.69. The lowest BCUT2D eigenvalue weighted by atomic mass is 10.2. The van der Waals surface area contributed by atoms with Crippen molar-refractivity contribution < 1.29 is 4.74 Å². The van der Waals surface area contributed by atoms with E-state index in [0.717, 1.165) is 41.2 Å². The number of nitrogens with zero attached hydrogens (tertiary/aromatic N) is 5. The number of rotatable bonds is 2. The monoisotopic (exact) mass is 357 g/mol. The maximum Gasteiger partial charge on any atom is 0.168 e. The van der Waals surface area contributed by atoms with E-state index in [-0.39, 0.29) is 12.2 Å². The van der Waals surface area contributed by atoms with Gasteiger partial charge in [0.25, 0.3) is 0 Å². The maximum atomic E-state index is 6.08. The molecular weight excluding hydrogens is 338 g/mol. The van der Waals surface area contributed by atoms with Crippen LogP contribution in [0, 0.1) is 6.92 Å². The Morgan fingerprint density at radius 3 is 2.64 bits per heavy atom. The van der Waals surface area contributed by atoms with Gasteiger partial charge in [-0.1, -0.05) is 11.6 Å². The van der Waals surface area contributed by atoms with Crippen molar-refractivity contribution in [2.24, 2.45) is 0 Å². The lowest BCUT2D eigenvalue weighted by Crippen LogP contribution is -2.45. The van der Waals surface area contributed by atoms with Crippen molar-refractivity contribution in [3.63, 3.8) is 0 Å². The molecule has 7 heteroatoms. The zero-order valence-corrected chi connectivity index (χ0v) is 15.2. The molecule has 25 heavy (non-hydrogen) atoms. The van der Waals surface area contributed by atoms with Crippen LogP contribution in [0.15, 0.2) is 30.7 Å². The van der Waals surface area contributed by atoms with Crippen LogP contribution in [0.2, 0.25) is 5.02 Å². The molecule has 0 spiro atoms. The molecule has 4 rings (SSSR count). The molecule has 0 aliphatic carbocycles. The molecule has 1 aliphatic rings. The molecule has 6 nitrogen and oxygen atoms in total. The highest BCUT2D eigenvalue weighted by Crippen LogP contribution is 2.28. The number of hydrogen-bond donors (Lipinski definition) is 0. The zero-order valence-electron chi connectivity index (χ0n) is 14.5. The van der Waals surface area contributed by atoms with Crippen molar-refractivity contribution in [3.05, 3.63) is 41.3 Å². The number of anilines is 1. The van der Waals surface area contributed by atoms with Crippen molar-refractivity contribution in [2.45, 2.75) is 33.0 Å². The number of halogens is 1. The quantitative estimate of drug-likeness (QED) is 0.703. The molecule has 0 unspecified atom stereocenters.